The number of ether oxygens (including phenoxy) is 3. The zero-order valence-electron chi connectivity index (χ0n) is 18.9. The van der Waals surface area contributed by atoms with Crippen LogP contribution in [0.15, 0.2) is 30.3 Å². The van der Waals surface area contributed by atoms with Gasteiger partial charge >= 0.3 is 0 Å². The SMILES string of the molecule is CCOc1c(Cl)ccc(C2CCCC(NC(=S)Nc3ccc(F)c(OC)c3)C2=O)c1OCC. The first-order chi connectivity index (χ1) is 15.9. The smallest absolute Gasteiger partial charge is 0.180 e. The Hall–Kier alpha value is -2.58. The molecule has 2 N–H and O–H groups in total. The normalized spacial score (nSPS) is 17.9. The maximum atomic E-state index is 13.7. The van der Waals surface area contributed by atoms with E-state index in [2.05, 4.69) is 10.6 Å². The Balaban J connectivity index is 1.77. The molecule has 0 bridgehead atoms. The minimum atomic E-state index is -0.466. The van der Waals surface area contributed by atoms with E-state index in [1.165, 1.54) is 19.2 Å². The highest BCUT2D eigenvalue weighted by molar-refractivity contribution is 7.80. The molecular formula is C24H28ClFN2O4S. The van der Waals surface area contributed by atoms with Gasteiger partial charge in [0.05, 0.1) is 31.4 Å². The third kappa shape index (κ3) is 5.86. The number of rotatable bonds is 8. The van der Waals surface area contributed by atoms with Crippen LogP contribution in [0.25, 0.3) is 0 Å². The van der Waals surface area contributed by atoms with Crippen molar-refractivity contribution < 1.29 is 23.4 Å². The molecule has 0 saturated heterocycles. The van der Waals surface area contributed by atoms with Crippen molar-refractivity contribution in [3.05, 3.63) is 46.7 Å². The Kier molecular flexibility index (Phi) is 8.74. The van der Waals surface area contributed by atoms with Crippen molar-refractivity contribution in [3.8, 4) is 17.2 Å². The first-order valence-electron chi connectivity index (χ1n) is 10.9. The van der Waals surface area contributed by atoms with Gasteiger partial charge in [-0.2, -0.15) is 0 Å². The van der Waals surface area contributed by atoms with Crippen molar-refractivity contribution in [2.75, 3.05) is 25.6 Å². The van der Waals surface area contributed by atoms with E-state index in [0.717, 1.165) is 12.0 Å². The van der Waals surface area contributed by atoms with Gasteiger partial charge in [0.2, 0.25) is 0 Å². The Bertz CT molecular complexity index is 1020. The molecule has 178 valence electrons. The average molecular weight is 495 g/mol. The van der Waals surface area contributed by atoms with E-state index in [0.29, 0.717) is 48.3 Å². The second kappa shape index (κ2) is 11.5. The summed E-state index contributed by atoms with van der Waals surface area (Å²) in [6, 6.07) is 7.45. The van der Waals surface area contributed by atoms with E-state index < -0.39 is 11.9 Å². The fourth-order valence-electron chi connectivity index (χ4n) is 3.97. The Labute approximate surface area is 203 Å². The number of benzene rings is 2. The number of methoxy groups -OCH3 is 1. The second-order valence-electron chi connectivity index (χ2n) is 7.55. The number of halogens is 2. The first-order valence-corrected chi connectivity index (χ1v) is 11.7. The van der Waals surface area contributed by atoms with Gasteiger partial charge in [-0.1, -0.05) is 17.7 Å². The van der Waals surface area contributed by atoms with Gasteiger partial charge in [-0.05, 0) is 63.5 Å². The predicted molar refractivity (Wildman–Crippen MR) is 131 cm³/mol. The monoisotopic (exact) mass is 494 g/mol. The van der Waals surface area contributed by atoms with Gasteiger partial charge in [-0.3, -0.25) is 4.79 Å². The highest BCUT2D eigenvalue weighted by Gasteiger charge is 2.35. The van der Waals surface area contributed by atoms with Gasteiger partial charge < -0.3 is 24.8 Å². The minimum absolute atomic E-state index is 0.0211. The molecule has 1 saturated carbocycles. The summed E-state index contributed by atoms with van der Waals surface area (Å²) in [7, 11) is 1.39. The van der Waals surface area contributed by atoms with E-state index >= 15 is 0 Å². The molecule has 9 heteroatoms. The second-order valence-corrected chi connectivity index (χ2v) is 8.36. The highest BCUT2D eigenvalue weighted by Crippen LogP contribution is 2.44. The minimum Gasteiger partial charge on any atom is -0.494 e. The molecule has 2 aromatic rings. The van der Waals surface area contributed by atoms with Gasteiger partial charge in [0.15, 0.2) is 34.0 Å². The summed E-state index contributed by atoms with van der Waals surface area (Å²) in [5.41, 5.74) is 1.33. The van der Waals surface area contributed by atoms with Crippen molar-refractivity contribution >= 4 is 40.4 Å². The molecule has 2 atom stereocenters. The van der Waals surface area contributed by atoms with Gasteiger partial charge in [0.1, 0.15) is 0 Å². The third-order valence-electron chi connectivity index (χ3n) is 5.43. The van der Waals surface area contributed by atoms with Gasteiger partial charge in [-0.25, -0.2) is 4.39 Å². The molecule has 3 rings (SSSR count). The molecule has 0 aliphatic heterocycles. The van der Waals surface area contributed by atoms with E-state index in [-0.39, 0.29) is 22.6 Å². The molecule has 0 radical (unpaired) electrons. The summed E-state index contributed by atoms with van der Waals surface area (Å²) >= 11 is 11.7. The van der Waals surface area contributed by atoms with E-state index in [4.69, 9.17) is 38.0 Å². The summed E-state index contributed by atoms with van der Waals surface area (Å²) in [5.74, 6) is 0.268. The van der Waals surface area contributed by atoms with E-state index in [1.807, 2.05) is 19.9 Å². The highest BCUT2D eigenvalue weighted by atomic mass is 35.5. The summed E-state index contributed by atoms with van der Waals surface area (Å²) in [5, 5.41) is 6.82. The number of carbonyl (C=O) groups is 1. The largest absolute Gasteiger partial charge is 0.494 e. The fraction of sp³-hybridized carbons (Fsp3) is 0.417. The third-order valence-corrected chi connectivity index (χ3v) is 5.95. The summed E-state index contributed by atoms with van der Waals surface area (Å²) in [6.45, 7) is 4.60. The van der Waals surface area contributed by atoms with Crippen molar-refractivity contribution in [2.24, 2.45) is 0 Å². The van der Waals surface area contributed by atoms with Crippen LogP contribution in [-0.4, -0.2) is 37.3 Å². The van der Waals surface area contributed by atoms with Crippen LogP contribution < -0.4 is 24.8 Å². The number of anilines is 1. The number of hydrogen-bond acceptors (Lipinski definition) is 5. The van der Waals surface area contributed by atoms with Crippen LogP contribution in [0.2, 0.25) is 5.02 Å². The van der Waals surface area contributed by atoms with Gasteiger partial charge in [-0.15, -0.1) is 0 Å². The van der Waals surface area contributed by atoms with Gasteiger partial charge in [0, 0.05) is 23.2 Å². The number of Topliss-reactive ketones (excluding diaryl/α,β-unsaturated/α-hetero) is 1. The lowest BCUT2D eigenvalue weighted by atomic mass is 9.79. The molecule has 2 aromatic carbocycles. The standard InChI is InChI=1S/C24H28ClFN2O4S/c1-4-31-22-16(10-11-17(25)23(22)32-5-2)15-7-6-8-19(21(15)29)28-24(33)27-14-9-12-18(26)20(13-14)30-3/h9-13,15,19H,4-8H2,1-3H3,(H2,27,28,33). The van der Waals surface area contributed by atoms with Crippen LogP contribution in [0.3, 0.4) is 0 Å². The average Bonchev–Trinajstić information content (AvgIpc) is 2.79. The molecular weight excluding hydrogens is 467 g/mol. The molecule has 1 aliphatic carbocycles. The fourth-order valence-corrected chi connectivity index (χ4v) is 4.43. The summed E-state index contributed by atoms with van der Waals surface area (Å²) < 4.78 is 30.2. The number of ketones is 1. The molecule has 2 unspecified atom stereocenters. The van der Waals surface area contributed by atoms with Crippen LogP contribution in [0, 0.1) is 5.82 Å². The van der Waals surface area contributed by atoms with Crippen LogP contribution >= 0.6 is 23.8 Å². The maximum Gasteiger partial charge on any atom is 0.180 e. The maximum absolute atomic E-state index is 13.7. The summed E-state index contributed by atoms with van der Waals surface area (Å²) in [6.07, 6.45) is 2.18. The van der Waals surface area contributed by atoms with Crippen molar-refractivity contribution in [1.29, 1.82) is 0 Å². The van der Waals surface area contributed by atoms with Crippen molar-refractivity contribution in [3.63, 3.8) is 0 Å². The van der Waals surface area contributed by atoms with Gasteiger partial charge in [0.25, 0.3) is 0 Å². The van der Waals surface area contributed by atoms with E-state index in [1.54, 1.807) is 12.1 Å². The number of hydrogen-bond donors (Lipinski definition) is 2. The first kappa shape index (κ1) is 25.1. The predicted octanol–water partition coefficient (Wildman–Crippen LogP) is 5.48. The number of thiocarbonyl (C=S) groups is 1. The molecule has 0 spiro atoms. The van der Waals surface area contributed by atoms with Crippen molar-refractivity contribution in [1.82, 2.24) is 5.32 Å². The molecule has 6 nitrogen and oxygen atoms in total. The quantitative estimate of drug-likeness (QED) is 0.471. The topological polar surface area (TPSA) is 68.8 Å². The lowest BCUT2D eigenvalue weighted by Crippen LogP contribution is -2.46. The Morgan fingerprint density at radius 3 is 2.58 bits per heavy atom. The van der Waals surface area contributed by atoms with Crippen LogP contribution in [-0.2, 0) is 4.79 Å². The number of carbonyl (C=O) groups excluding carboxylic acids is 1. The molecule has 33 heavy (non-hydrogen) atoms. The zero-order valence-corrected chi connectivity index (χ0v) is 20.4. The number of nitrogens with one attached hydrogen (secondary N) is 2. The summed E-state index contributed by atoms with van der Waals surface area (Å²) in [4.78, 5) is 13.4. The Morgan fingerprint density at radius 1 is 1.15 bits per heavy atom. The van der Waals surface area contributed by atoms with E-state index in [9.17, 15) is 9.18 Å². The van der Waals surface area contributed by atoms with Crippen LogP contribution in [0.1, 0.15) is 44.6 Å². The molecule has 0 amide bonds. The molecule has 1 fully saturated rings. The van der Waals surface area contributed by atoms with Crippen LogP contribution in [0.4, 0.5) is 10.1 Å². The Morgan fingerprint density at radius 2 is 1.88 bits per heavy atom. The molecule has 1 aliphatic rings. The lowest BCUT2D eigenvalue weighted by Gasteiger charge is -2.31. The zero-order chi connectivity index (χ0) is 24.0. The lowest BCUT2D eigenvalue weighted by molar-refractivity contribution is -0.123. The van der Waals surface area contributed by atoms with Crippen LogP contribution in [0.5, 0.6) is 17.2 Å². The molecule has 0 heterocycles. The van der Waals surface area contributed by atoms with Crippen molar-refractivity contribution in [2.45, 2.75) is 45.1 Å². The molecule has 0 aromatic heterocycles.